The first kappa shape index (κ1) is 21.1. The van der Waals surface area contributed by atoms with Gasteiger partial charge in [0.1, 0.15) is 12.4 Å². The fourth-order valence-electron chi connectivity index (χ4n) is 3.73. The average molecular weight is 421 g/mol. The molecule has 0 saturated carbocycles. The Balaban J connectivity index is 1.36. The highest BCUT2D eigenvalue weighted by molar-refractivity contribution is 5.97. The summed E-state index contributed by atoms with van der Waals surface area (Å²) < 4.78 is 16.6. The number of hydrogen-bond donors (Lipinski definition) is 0. The van der Waals surface area contributed by atoms with Gasteiger partial charge in [0, 0.05) is 31.2 Å². The van der Waals surface area contributed by atoms with Crippen molar-refractivity contribution in [3.63, 3.8) is 0 Å². The van der Waals surface area contributed by atoms with Crippen molar-refractivity contribution >= 4 is 5.91 Å². The van der Waals surface area contributed by atoms with E-state index in [-0.39, 0.29) is 11.8 Å². The highest BCUT2D eigenvalue weighted by atomic mass is 16.5. The minimum atomic E-state index is -0.0130. The normalized spacial score (nSPS) is 14.5. The zero-order valence-corrected chi connectivity index (χ0v) is 17.7. The van der Waals surface area contributed by atoms with E-state index in [1.807, 2.05) is 66.4 Å². The number of para-hydroxylation sites is 1. The zero-order chi connectivity index (χ0) is 21.5. The highest BCUT2D eigenvalue weighted by Gasteiger charge is 2.29. The molecular formula is C24H27N3O4. The third-order valence-electron chi connectivity index (χ3n) is 5.41. The summed E-state index contributed by atoms with van der Waals surface area (Å²) in [6.07, 6.45) is 1.57. The van der Waals surface area contributed by atoms with Gasteiger partial charge in [-0.15, -0.1) is 0 Å². The first-order chi connectivity index (χ1) is 15.3. The second-order valence-corrected chi connectivity index (χ2v) is 7.43. The maximum absolute atomic E-state index is 13.1. The second-order valence-electron chi connectivity index (χ2n) is 7.43. The molecule has 2 heterocycles. The van der Waals surface area contributed by atoms with Crippen LogP contribution in [0.5, 0.6) is 5.75 Å². The third-order valence-corrected chi connectivity index (χ3v) is 5.41. The van der Waals surface area contributed by atoms with E-state index in [0.717, 1.165) is 18.4 Å². The largest absolute Gasteiger partial charge is 0.490 e. The molecule has 31 heavy (non-hydrogen) atoms. The minimum absolute atomic E-state index is 0.0130. The van der Waals surface area contributed by atoms with Gasteiger partial charge in [-0.25, -0.2) is 0 Å². The fourth-order valence-corrected chi connectivity index (χ4v) is 3.73. The highest BCUT2D eigenvalue weighted by Crippen LogP contribution is 2.30. The van der Waals surface area contributed by atoms with Crippen molar-refractivity contribution in [2.45, 2.75) is 25.7 Å². The number of benzene rings is 2. The average Bonchev–Trinajstić information content (AvgIpc) is 3.33. The fraction of sp³-hybridized carbons (Fsp3) is 0.375. The number of hydrogen-bond acceptors (Lipinski definition) is 6. The van der Waals surface area contributed by atoms with Crippen LogP contribution < -0.4 is 4.74 Å². The number of aromatic nitrogens is 2. The molecule has 7 heteroatoms. The Labute approximate surface area is 182 Å². The lowest BCUT2D eigenvalue weighted by Gasteiger charge is -2.30. The van der Waals surface area contributed by atoms with Gasteiger partial charge >= 0.3 is 0 Å². The lowest BCUT2D eigenvalue weighted by Crippen LogP contribution is -2.38. The van der Waals surface area contributed by atoms with Gasteiger partial charge in [0.25, 0.3) is 5.91 Å². The molecule has 1 saturated heterocycles. The molecule has 0 bridgehead atoms. The monoisotopic (exact) mass is 421 g/mol. The van der Waals surface area contributed by atoms with Crippen LogP contribution in [0.15, 0.2) is 59.1 Å². The van der Waals surface area contributed by atoms with Gasteiger partial charge in [-0.1, -0.05) is 47.6 Å². The lowest BCUT2D eigenvalue weighted by atomic mass is 9.96. The van der Waals surface area contributed by atoms with Crippen LogP contribution in [0.3, 0.4) is 0 Å². The van der Waals surface area contributed by atoms with E-state index in [9.17, 15) is 4.79 Å². The standard InChI is InChI=1S/C24H27N3O4/c1-2-29-16-17-30-21-11-7-6-10-20(21)24(28)27-14-12-19(13-15-27)23-25-22(26-31-23)18-8-4-3-5-9-18/h3-11,19H,2,12-17H2,1H3. The molecule has 1 amide bonds. The molecule has 2 aromatic carbocycles. The summed E-state index contributed by atoms with van der Waals surface area (Å²) in [6, 6.07) is 17.2. The maximum Gasteiger partial charge on any atom is 0.257 e. The van der Waals surface area contributed by atoms with Crippen molar-refractivity contribution in [2.24, 2.45) is 0 Å². The minimum Gasteiger partial charge on any atom is -0.490 e. The molecule has 0 spiro atoms. The molecule has 1 aromatic heterocycles. The predicted molar refractivity (Wildman–Crippen MR) is 116 cm³/mol. The predicted octanol–water partition coefficient (Wildman–Crippen LogP) is 4.17. The van der Waals surface area contributed by atoms with Crippen LogP contribution in [0.2, 0.25) is 0 Å². The first-order valence-corrected chi connectivity index (χ1v) is 10.7. The number of rotatable bonds is 8. The van der Waals surface area contributed by atoms with Crippen LogP contribution in [0.1, 0.15) is 41.9 Å². The summed E-state index contributed by atoms with van der Waals surface area (Å²) >= 11 is 0. The molecule has 1 aliphatic rings. The second kappa shape index (κ2) is 10.2. The topological polar surface area (TPSA) is 77.7 Å². The van der Waals surface area contributed by atoms with Gasteiger partial charge in [-0.3, -0.25) is 4.79 Å². The molecule has 4 rings (SSSR count). The van der Waals surface area contributed by atoms with Crippen LogP contribution >= 0.6 is 0 Å². The Bertz CT molecular complexity index is 981. The Morgan fingerprint density at radius 3 is 2.58 bits per heavy atom. The number of ether oxygens (including phenoxy) is 2. The first-order valence-electron chi connectivity index (χ1n) is 10.7. The van der Waals surface area contributed by atoms with Gasteiger partial charge in [0.05, 0.1) is 12.2 Å². The van der Waals surface area contributed by atoms with Crippen molar-refractivity contribution in [1.29, 1.82) is 0 Å². The smallest absolute Gasteiger partial charge is 0.257 e. The Kier molecular flexibility index (Phi) is 6.94. The summed E-state index contributed by atoms with van der Waals surface area (Å²) in [6.45, 7) is 4.78. The summed E-state index contributed by atoms with van der Waals surface area (Å²) in [5.74, 6) is 1.99. The Morgan fingerprint density at radius 2 is 1.81 bits per heavy atom. The quantitative estimate of drug-likeness (QED) is 0.508. The van der Waals surface area contributed by atoms with Crippen molar-refractivity contribution in [2.75, 3.05) is 32.9 Å². The number of carbonyl (C=O) groups excluding carboxylic acids is 1. The maximum atomic E-state index is 13.1. The zero-order valence-electron chi connectivity index (χ0n) is 17.7. The van der Waals surface area contributed by atoms with E-state index in [2.05, 4.69) is 10.1 Å². The molecule has 162 valence electrons. The summed E-state index contributed by atoms with van der Waals surface area (Å²) in [7, 11) is 0. The van der Waals surface area contributed by atoms with Gasteiger partial charge in [-0.2, -0.15) is 4.98 Å². The number of amides is 1. The van der Waals surface area contributed by atoms with Crippen LogP contribution in [0.25, 0.3) is 11.4 Å². The molecule has 3 aromatic rings. The van der Waals surface area contributed by atoms with Crippen LogP contribution in [-0.2, 0) is 4.74 Å². The molecule has 1 fully saturated rings. The lowest BCUT2D eigenvalue weighted by molar-refractivity contribution is 0.0695. The van der Waals surface area contributed by atoms with E-state index in [0.29, 0.717) is 55.9 Å². The molecule has 0 N–H and O–H groups in total. The molecule has 0 unspecified atom stereocenters. The molecule has 7 nitrogen and oxygen atoms in total. The Morgan fingerprint density at radius 1 is 1.06 bits per heavy atom. The van der Waals surface area contributed by atoms with Crippen LogP contribution in [0, 0.1) is 0 Å². The van der Waals surface area contributed by atoms with Crippen molar-refractivity contribution in [3.8, 4) is 17.1 Å². The van der Waals surface area contributed by atoms with Crippen molar-refractivity contribution in [3.05, 3.63) is 66.1 Å². The third kappa shape index (κ3) is 5.11. The number of carbonyl (C=O) groups is 1. The van der Waals surface area contributed by atoms with E-state index in [1.165, 1.54) is 0 Å². The molecule has 0 aliphatic carbocycles. The number of nitrogens with zero attached hydrogens (tertiary/aromatic N) is 3. The Hall–Kier alpha value is -3.19. The van der Waals surface area contributed by atoms with Gasteiger partial charge in [0.15, 0.2) is 0 Å². The van der Waals surface area contributed by atoms with Crippen LogP contribution in [-0.4, -0.2) is 53.9 Å². The van der Waals surface area contributed by atoms with E-state index in [4.69, 9.17) is 14.0 Å². The van der Waals surface area contributed by atoms with Crippen molar-refractivity contribution < 1.29 is 18.8 Å². The van der Waals surface area contributed by atoms with Crippen LogP contribution in [0.4, 0.5) is 0 Å². The molecule has 0 radical (unpaired) electrons. The van der Waals surface area contributed by atoms with E-state index in [1.54, 1.807) is 0 Å². The van der Waals surface area contributed by atoms with Gasteiger partial charge in [-0.05, 0) is 31.9 Å². The number of likely N-dealkylation sites (tertiary alicyclic amines) is 1. The summed E-state index contributed by atoms with van der Waals surface area (Å²) in [5.41, 5.74) is 1.52. The van der Waals surface area contributed by atoms with Crippen molar-refractivity contribution in [1.82, 2.24) is 15.0 Å². The SMILES string of the molecule is CCOCCOc1ccccc1C(=O)N1CCC(c2nc(-c3ccccc3)no2)CC1. The molecule has 1 aliphatic heterocycles. The van der Waals surface area contributed by atoms with Gasteiger partial charge in [0.2, 0.25) is 11.7 Å². The summed E-state index contributed by atoms with van der Waals surface area (Å²) in [4.78, 5) is 19.6. The molecule has 0 atom stereocenters. The molecular weight excluding hydrogens is 394 g/mol. The van der Waals surface area contributed by atoms with E-state index < -0.39 is 0 Å². The van der Waals surface area contributed by atoms with Gasteiger partial charge < -0.3 is 18.9 Å². The number of piperidine rings is 1. The summed E-state index contributed by atoms with van der Waals surface area (Å²) in [5, 5.41) is 4.12. The van der Waals surface area contributed by atoms with E-state index >= 15 is 0 Å².